The van der Waals surface area contributed by atoms with Crippen molar-refractivity contribution in [2.24, 2.45) is 0 Å². The number of hydrogen-bond donors (Lipinski definition) is 1. The molecule has 0 saturated heterocycles. The largest absolute Gasteiger partial charge is 0.439 e. The number of nitrogens with zero attached hydrogens (tertiary/aromatic N) is 1. The number of rotatable bonds is 6. The van der Waals surface area contributed by atoms with Crippen LogP contribution >= 0.6 is 27.5 Å². The zero-order chi connectivity index (χ0) is 14.4. The summed E-state index contributed by atoms with van der Waals surface area (Å²) in [6.45, 7) is 3.81. The minimum atomic E-state index is 0.596. The van der Waals surface area contributed by atoms with Crippen LogP contribution in [0.5, 0.6) is 11.6 Å². The third-order valence-corrected chi connectivity index (χ3v) is 3.31. The fourth-order valence-electron chi connectivity index (χ4n) is 1.73. The first kappa shape index (κ1) is 15.3. The predicted octanol–water partition coefficient (Wildman–Crippen LogP) is 4.79. The van der Waals surface area contributed by atoms with Gasteiger partial charge in [0.1, 0.15) is 5.75 Å². The quantitative estimate of drug-likeness (QED) is 0.757. The van der Waals surface area contributed by atoms with E-state index in [-0.39, 0.29) is 0 Å². The summed E-state index contributed by atoms with van der Waals surface area (Å²) in [7, 11) is 0. The van der Waals surface area contributed by atoms with E-state index >= 15 is 0 Å². The molecule has 1 N–H and O–H groups in total. The molecule has 106 valence electrons. The molecule has 0 atom stereocenters. The van der Waals surface area contributed by atoms with Gasteiger partial charge in [0.15, 0.2) is 0 Å². The lowest BCUT2D eigenvalue weighted by molar-refractivity contribution is 0.452. The van der Waals surface area contributed by atoms with E-state index in [1.54, 1.807) is 12.3 Å². The molecule has 0 aliphatic carbocycles. The molecule has 0 spiro atoms. The van der Waals surface area contributed by atoms with E-state index in [4.69, 9.17) is 16.3 Å². The van der Waals surface area contributed by atoms with Gasteiger partial charge in [0, 0.05) is 27.8 Å². The van der Waals surface area contributed by atoms with E-state index in [1.807, 2.05) is 24.3 Å². The molecule has 1 heterocycles. The maximum Gasteiger partial charge on any atom is 0.223 e. The second-order valence-corrected chi connectivity index (χ2v) is 5.71. The summed E-state index contributed by atoms with van der Waals surface area (Å²) in [5.41, 5.74) is 1.01. The summed E-state index contributed by atoms with van der Waals surface area (Å²) in [6.07, 6.45) is 2.81. The lowest BCUT2D eigenvalue weighted by atomic mass is 10.2. The van der Waals surface area contributed by atoms with E-state index in [1.165, 1.54) is 0 Å². The van der Waals surface area contributed by atoms with Crippen LogP contribution in [0.1, 0.15) is 18.9 Å². The maximum atomic E-state index is 5.96. The zero-order valence-electron chi connectivity index (χ0n) is 11.2. The van der Waals surface area contributed by atoms with Gasteiger partial charge in [-0.3, -0.25) is 0 Å². The molecule has 1 aromatic carbocycles. The second-order valence-electron chi connectivity index (χ2n) is 4.35. The number of halogens is 2. The number of aromatic nitrogens is 1. The van der Waals surface area contributed by atoms with Gasteiger partial charge in [-0.1, -0.05) is 24.6 Å². The molecule has 0 saturated carbocycles. The number of benzene rings is 1. The Morgan fingerprint density at radius 3 is 2.95 bits per heavy atom. The predicted molar refractivity (Wildman–Crippen MR) is 85.5 cm³/mol. The summed E-state index contributed by atoms with van der Waals surface area (Å²) in [5.74, 6) is 1.28. The van der Waals surface area contributed by atoms with Gasteiger partial charge in [-0.2, -0.15) is 0 Å². The highest BCUT2D eigenvalue weighted by Crippen LogP contribution is 2.27. The van der Waals surface area contributed by atoms with Crippen molar-refractivity contribution in [3.8, 4) is 11.6 Å². The lowest BCUT2D eigenvalue weighted by Gasteiger charge is -2.11. The molecule has 0 aliphatic rings. The first-order valence-corrected chi connectivity index (χ1v) is 7.64. The summed E-state index contributed by atoms with van der Waals surface area (Å²) >= 11 is 9.39. The second kappa shape index (κ2) is 7.62. The molecule has 20 heavy (non-hydrogen) atoms. The molecule has 3 nitrogen and oxygen atoms in total. The Morgan fingerprint density at radius 1 is 1.35 bits per heavy atom. The normalized spacial score (nSPS) is 10.6. The molecular formula is C15H16BrClN2O. The van der Waals surface area contributed by atoms with Crippen LogP contribution in [0.15, 0.2) is 41.0 Å². The van der Waals surface area contributed by atoms with Crippen LogP contribution in [0, 0.1) is 0 Å². The van der Waals surface area contributed by atoms with Crippen LogP contribution in [-0.4, -0.2) is 11.5 Å². The number of ether oxygens (including phenoxy) is 1. The van der Waals surface area contributed by atoms with Crippen molar-refractivity contribution in [2.45, 2.75) is 19.9 Å². The Balaban J connectivity index is 2.17. The van der Waals surface area contributed by atoms with Crippen LogP contribution in [0.25, 0.3) is 0 Å². The molecule has 0 bridgehead atoms. The molecule has 0 aliphatic heterocycles. The zero-order valence-corrected chi connectivity index (χ0v) is 13.5. The monoisotopic (exact) mass is 354 g/mol. The highest BCUT2D eigenvalue weighted by molar-refractivity contribution is 9.10. The van der Waals surface area contributed by atoms with Crippen LogP contribution in [-0.2, 0) is 6.54 Å². The Labute approximate surface area is 132 Å². The average molecular weight is 356 g/mol. The number of hydrogen-bond acceptors (Lipinski definition) is 3. The number of nitrogens with one attached hydrogen (secondary N) is 1. The third-order valence-electron chi connectivity index (χ3n) is 2.64. The van der Waals surface area contributed by atoms with Gasteiger partial charge in [-0.05, 0) is 53.2 Å². The number of pyridine rings is 1. The highest BCUT2D eigenvalue weighted by Gasteiger charge is 2.08. The van der Waals surface area contributed by atoms with Gasteiger partial charge in [0.25, 0.3) is 0 Å². The SMILES string of the molecule is CCCNCc1cc(Br)cnc1Oc1cccc(Cl)c1. The molecule has 2 aromatic rings. The lowest BCUT2D eigenvalue weighted by Crippen LogP contribution is -2.14. The van der Waals surface area contributed by atoms with Gasteiger partial charge in [-0.25, -0.2) is 4.98 Å². The van der Waals surface area contributed by atoms with Crippen LogP contribution in [0.2, 0.25) is 5.02 Å². The van der Waals surface area contributed by atoms with Crippen molar-refractivity contribution in [1.29, 1.82) is 0 Å². The van der Waals surface area contributed by atoms with E-state index in [2.05, 4.69) is 33.2 Å². The standard InChI is InChI=1S/C15H16BrClN2O/c1-2-6-18-9-11-7-12(16)10-19-15(11)20-14-5-3-4-13(17)8-14/h3-5,7-8,10,18H,2,6,9H2,1H3. The smallest absolute Gasteiger partial charge is 0.223 e. The van der Waals surface area contributed by atoms with Gasteiger partial charge < -0.3 is 10.1 Å². The molecule has 0 unspecified atom stereocenters. The summed E-state index contributed by atoms with van der Waals surface area (Å²) in [5, 5.41) is 3.99. The topological polar surface area (TPSA) is 34.2 Å². The van der Waals surface area contributed by atoms with E-state index in [0.717, 1.165) is 29.5 Å². The van der Waals surface area contributed by atoms with Gasteiger partial charge in [0.2, 0.25) is 5.88 Å². The minimum Gasteiger partial charge on any atom is -0.439 e. The van der Waals surface area contributed by atoms with Gasteiger partial charge >= 0.3 is 0 Å². The fraction of sp³-hybridized carbons (Fsp3) is 0.267. The minimum absolute atomic E-state index is 0.596. The van der Waals surface area contributed by atoms with Crippen LogP contribution in [0.4, 0.5) is 0 Å². The van der Waals surface area contributed by atoms with E-state index in [9.17, 15) is 0 Å². The van der Waals surface area contributed by atoms with Gasteiger partial charge in [0.05, 0.1) is 0 Å². The summed E-state index contributed by atoms with van der Waals surface area (Å²) in [6, 6.07) is 9.31. The Hall–Kier alpha value is -1.10. The molecule has 1 aromatic heterocycles. The van der Waals surface area contributed by atoms with Crippen molar-refractivity contribution < 1.29 is 4.74 Å². The molecule has 0 radical (unpaired) electrons. The summed E-state index contributed by atoms with van der Waals surface area (Å²) in [4.78, 5) is 4.33. The van der Waals surface area contributed by atoms with Crippen molar-refractivity contribution in [3.63, 3.8) is 0 Å². The van der Waals surface area contributed by atoms with E-state index < -0.39 is 0 Å². The van der Waals surface area contributed by atoms with Crippen molar-refractivity contribution in [3.05, 3.63) is 51.6 Å². The molecule has 2 rings (SSSR count). The van der Waals surface area contributed by atoms with Crippen molar-refractivity contribution in [1.82, 2.24) is 10.3 Å². The van der Waals surface area contributed by atoms with Crippen molar-refractivity contribution >= 4 is 27.5 Å². The average Bonchev–Trinajstić information content (AvgIpc) is 2.42. The first-order chi connectivity index (χ1) is 9.69. The molecule has 5 heteroatoms. The fourth-order valence-corrected chi connectivity index (χ4v) is 2.29. The van der Waals surface area contributed by atoms with Crippen LogP contribution < -0.4 is 10.1 Å². The summed E-state index contributed by atoms with van der Waals surface area (Å²) < 4.78 is 6.75. The van der Waals surface area contributed by atoms with Crippen LogP contribution in [0.3, 0.4) is 0 Å². The molecule has 0 amide bonds. The highest BCUT2D eigenvalue weighted by atomic mass is 79.9. The first-order valence-electron chi connectivity index (χ1n) is 6.47. The third kappa shape index (κ3) is 4.47. The molecular weight excluding hydrogens is 340 g/mol. The maximum absolute atomic E-state index is 5.96. The van der Waals surface area contributed by atoms with E-state index in [0.29, 0.717) is 16.7 Å². The Kier molecular flexibility index (Phi) is 5.83. The van der Waals surface area contributed by atoms with Gasteiger partial charge in [-0.15, -0.1) is 0 Å². The Morgan fingerprint density at radius 2 is 2.20 bits per heavy atom. The Bertz CT molecular complexity index is 578. The molecule has 0 fully saturated rings. The van der Waals surface area contributed by atoms with Crippen molar-refractivity contribution in [2.75, 3.05) is 6.54 Å².